The third kappa shape index (κ3) is 6.75. The van der Waals surface area contributed by atoms with Gasteiger partial charge in [0, 0.05) is 15.3 Å². The summed E-state index contributed by atoms with van der Waals surface area (Å²) in [6, 6.07) is 4.60. The van der Waals surface area contributed by atoms with E-state index in [2.05, 4.69) is 63.2 Å². The zero-order chi connectivity index (χ0) is 23.5. The van der Waals surface area contributed by atoms with Crippen LogP contribution < -0.4 is 0 Å². The van der Waals surface area contributed by atoms with E-state index in [0.29, 0.717) is 0 Å². The molecule has 0 radical (unpaired) electrons. The maximum Gasteiger partial charge on any atom is 0.0657 e. The number of thiophene rings is 1. The smallest absolute Gasteiger partial charge is 0.0657 e. The second kappa shape index (κ2) is 12.9. The molecule has 0 N–H and O–H groups in total. The largest absolute Gasteiger partial charge is 0.136 e. The Morgan fingerprint density at radius 1 is 0.667 bits per heavy atom. The molecule has 0 nitrogen and oxygen atoms in total. The fourth-order valence-electron chi connectivity index (χ4n) is 2.78. The van der Waals surface area contributed by atoms with E-state index in [1.54, 1.807) is 0 Å². The van der Waals surface area contributed by atoms with Gasteiger partial charge in [0.2, 0.25) is 0 Å². The van der Waals surface area contributed by atoms with Crippen molar-refractivity contribution in [3.63, 3.8) is 0 Å². The summed E-state index contributed by atoms with van der Waals surface area (Å²) in [7, 11) is 0. The molecule has 3 aliphatic rings. The summed E-state index contributed by atoms with van der Waals surface area (Å²) in [6.45, 7) is 4.48. The third-order valence-corrected chi connectivity index (χ3v) is 18.4. The van der Waals surface area contributed by atoms with E-state index in [-0.39, 0.29) is 0 Å². The van der Waals surface area contributed by atoms with Gasteiger partial charge in [0.15, 0.2) is 0 Å². The SMILES string of the molecule is CSC1=C(SC)SC(=CC(=C2SC(C)=C(C)S2)c2ccc(C=C3SC(SC)=C(SC)S3)s2)S1. The molecule has 176 valence electrons. The highest BCUT2D eigenvalue weighted by Crippen LogP contribution is 2.59. The number of thioether (sulfide) groups is 10. The van der Waals surface area contributed by atoms with Crippen LogP contribution in [0.2, 0.25) is 0 Å². The molecular weight excluding hydrogens is 617 g/mol. The minimum Gasteiger partial charge on any atom is -0.136 e. The first-order valence-corrected chi connectivity index (χ1v) is 20.2. The number of rotatable bonds is 7. The maximum atomic E-state index is 2.43. The van der Waals surface area contributed by atoms with Gasteiger partial charge in [-0.05, 0) is 73.0 Å². The molecule has 4 rings (SSSR count). The Labute approximate surface area is 244 Å². The fourth-order valence-corrected chi connectivity index (χ4v) is 16.4. The van der Waals surface area contributed by atoms with E-state index in [1.165, 1.54) is 54.8 Å². The maximum absolute atomic E-state index is 2.43. The summed E-state index contributed by atoms with van der Waals surface area (Å²) in [4.78, 5) is 5.52. The molecule has 0 saturated carbocycles. The lowest BCUT2D eigenvalue weighted by molar-refractivity contribution is 1.57. The summed E-state index contributed by atoms with van der Waals surface area (Å²) in [5, 5.41) is 0. The molecule has 0 aromatic carbocycles. The Hall–Kier alpha value is 1.64. The molecule has 0 amide bonds. The lowest BCUT2D eigenvalue weighted by Gasteiger charge is -2.06. The molecule has 0 atom stereocenters. The number of allylic oxidation sites excluding steroid dienone is 4. The molecule has 0 spiro atoms. The monoisotopic (exact) mass is 638 g/mol. The molecule has 0 fully saturated rings. The van der Waals surface area contributed by atoms with Crippen LogP contribution in [0.4, 0.5) is 0 Å². The van der Waals surface area contributed by atoms with Gasteiger partial charge >= 0.3 is 0 Å². The highest BCUT2D eigenvalue weighted by Gasteiger charge is 2.25. The normalized spacial score (nSPS) is 19.0. The summed E-state index contributed by atoms with van der Waals surface area (Å²) < 4.78 is 9.87. The van der Waals surface area contributed by atoms with Crippen molar-refractivity contribution in [3.05, 3.63) is 67.4 Å². The molecule has 4 heterocycles. The van der Waals surface area contributed by atoms with Crippen LogP contribution in [0.25, 0.3) is 11.6 Å². The average Bonchev–Trinajstić information content (AvgIpc) is 3.59. The summed E-state index contributed by atoms with van der Waals surface area (Å²) in [6.07, 6.45) is 13.5. The van der Waals surface area contributed by atoms with Crippen molar-refractivity contribution in [3.8, 4) is 0 Å². The van der Waals surface area contributed by atoms with E-state index >= 15 is 0 Å². The van der Waals surface area contributed by atoms with Gasteiger partial charge in [-0.2, -0.15) is 0 Å². The lowest BCUT2D eigenvalue weighted by Crippen LogP contribution is -1.79. The second-order valence-corrected chi connectivity index (χ2v) is 19.4. The molecule has 33 heavy (non-hydrogen) atoms. The number of hydrogen-bond donors (Lipinski definition) is 0. The van der Waals surface area contributed by atoms with E-state index in [9.17, 15) is 0 Å². The van der Waals surface area contributed by atoms with Gasteiger partial charge in [0.05, 0.1) is 29.7 Å². The molecule has 0 saturated heterocycles. The fraction of sp³-hybridized carbons (Fsp3) is 0.273. The molecular formula is C22H22S11. The van der Waals surface area contributed by atoms with Gasteiger partial charge < -0.3 is 0 Å². The Bertz CT molecular complexity index is 1070. The Balaban J connectivity index is 1.63. The van der Waals surface area contributed by atoms with E-state index in [1.807, 2.05) is 129 Å². The third-order valence-electron chi connectivity index (χ3n) is 4.47. The average molecular weight is 639 g/mol. The van der Waals surface area contributed by atoms with Gasteiger partial charge in [-0.25, -0.2) is 0 Å². The topological polar surface area (TPSA) is 0 Å². The highest BCUT2D eigenvalue weighted by molar-refractivity contribution is 8.41. The first kappa shape index (κ1) is 27.7. The Morgan fingerprint density at radius 3 is 1.64 bits per heavy atom. The molecule has 0 aliphatic carbocycles. The van der Waals surface area contributed by atoms with Gasteiger partial charge in [-0.1, -0.05) is 70.6 Å². The zero-order valence-corrected chi connectivity index (χ0v) is 27.8. The standard InChI is InChI=1S/C22H22S11/c1-11-12(2)28-18(27-11)14(10-17-32-21(25-5)22(26-6)33-17)15-8-7-13(29-15)9-16-30-19(23-3)20(24-4)31-16/h7-10H,1-6H3. The van der Waals surface area contributed by atoms with E-state index in [4.69, 9.17) is 0 Å². The van der Waals surface area contributed by atoms with Gasteiger partial charge in [0.25, 0.3) is 0 Å². The quantitative estimate of drug-likeness (QED) is 0.281. The molecule has 0 bridgehead atoms. The van der Waals surface area contributed by atoms with Crippen molar-refractivity contribution in [2.45, 2.75) is 13.8 Å². The highest BCUT2D eigenvalue weighted by atomic mass is 32.3. The van der Waals surface area contributed by atoms with Gasteiger partial charge in [-0.15, -0.1) is 58.4 Å². The van der Waals surface area contributed by atoms with Crippen LogP contribution in [0.3, 0.4) is 0 Å². The van der Waals surface area contributed by atoms with Crippen molar-refractivity contribution in [1.29, 1.82) is 0 Å². The van der Waals surface area contributed by atoms with Crippen LogP contribution in [-0.2, 0) is 0 Å². The summed E-state index contributed by atoms with van der Waals surface area (Å²) in [5.74, 6) is 0. The van der Waals surface area contributed by atoms with Crippen molar-refractivity contribution >= 4 is 141 Å². The summed E-state index contributed by atoms with van der Waals surface area (Å²) in [5.41, 5.74) is 1.37. The predicted molar refractivity (Wildman–Crippen MR) is 179 cm³/mol. The van der Waals surface area contributed by atoms with Gasteiger partial charge in [-0.3, -0.25) is 0 Å². The van der Waals surface area contributed by atoms with Crippen LogP contribution in [0, 0.1) is 0 Å². The first-order valence-electron chi connectivity index (χ1n) is 9.62. The second-order valence-electron chi connectivity index (χ2n) is 6.52. The van der Waals surface area contributed by atoms with Crippen LogP contribution in [0.15, 0.2) is 57.7 Å². The van der Waals surface area contributed by atoms with Crippen LogP contribution in [-0.4, -0.2) is 25.0 Å². The number of hydrogen-bond acceptors (Lipinski definition) is 11. The first-order chi connectivity index (χ1) is 15.9. The molecule has 11 heteroatoms. The molecule has 0 unspecified atom stereocenters. The van der Waals surface area contributed by atoms with Crippen molar-refractivity contribution < 1.29 is 0 Å². The summed E-state index contributed by atoms with van der Waals surface area (Å²) >= 11 is 20.8. The van der Waals surface area contributed by atoms with Crippen LogP contribution in [0.5, 0.6) is 0 Å². The van der Waals surface area contributed by atoms with Crippen LogP contribution >= 0.6 is 129 Å². The Kier molecular flexibility index (Phi) is 10.8. The minimum atomic E-state index is 1.33. The zero-order valence-electron chi connectivity index (χ0n) is 18.8. The molecule has 3 aliphatic heterocycles. The van der Waals surface area contributed by atoms with E-state index in [0.717, 1.165) is 0 Å². The predicted octanol–water partition coefficient (Wildman–Crippen LogP) is 12.0. The van der Waals surface area contributed by atoms with E-state index < -0.39 is 0 Å². The van der Waals surface area contributed by atoms with Crippen molar-refractivity contribution in [1.82, 2.24) is 0 Å². The van der Waals surface area contributed by atoms with Crippen molar-refractivity contribution in [2.24, 2.45) is 0 Å². The minimum absolute atomic E-state index is 1.33. The Morgan fingerprint density at radius 2 is 1.15 bits per heavy atom. The molecule has 1 aromatic rings. The van der Waals surface area contributed by atoms with Crippen molar-refractivity contribution in [2.75, 3.05) is 25.0 Å². The molecule has 1 aromatic heterocycles. The lowest BCUT2D eigenvalue weighted by atomic mass is 10.2. The van der Waals surface area contributed by atoms with Gasteiger partial charge in [0.1, 0.15) is 0 Å². The van der Waals surface area contributed by atoms with Crippen LogP contribution in [0.1, 0.15) is 23.6 Å².